The zero-order chi connectivity index (χ0) is 13.3. The summed E-state index contributed by atoms with van der Waals surface area (Å²) in [6.45, 7) is 7.11. The molecule has 0 fully saturated rings. The molecule has 0 aliphatic rings. The Kier molecular flexibility index (Phi) is 8.43. The Hall–Kier alpha value is -0.420. The van der Waals surface area contributed by atoms with Crippen LogP contribution < -0.4 is 0 Å². The molecule has 0 aromatic rings. The number of rotatable bonds is 9. The quantitative estimate of drug-likeness (QED) is 0.471. The van der Waals surface area contributed by atoms with E-state index >= 15 is 0 Å². The molecule has 7 heteroatoms. The smallest absolute Gasteiger partial charge is 0.362 e. The SMILES string of the molecule is CCOC(COC(C)=O)P(=O)(OCC)OCC. The molecule has 6 nitrogen and oxygen atoms in total. The molecule has 0 radical (unpaired) electrons. The molecule has 0 saturated carbocycles. The maximum atomic E-state index is 12.4. The van der Waals surface area contributed by atoms with Gasteiger partial charge in [0.05, 0.1) is 13.2 Å². The van der Waals surface area contributed by atoms with Gasteiger partial charge in [-0.05, 0) is 20.8 Å². The molecule has 0 aromatic heterocycles. The van der Waals surface area contributed by atoms with Crippen LogP contribution in [0.3, 0.4) is 0 Å². The summed E-state index contributed by atoms with van der Waals surface area (Å²) >= 11 is 0. The van der Waals surface area contributed by atoms with Gasteiger partial charge in [-0.2, -0.15) is 0 Å². The summed E-state index contributed by atoms with van der Waals surface area (Å²) < 4.78 is 32.7. The molecule has 0 heterocycles. The molecule has 0 bridgehead atoms. The fraction of sp³-hybridized carbons (Fsp3) is 0.900. The van der Waals surface area contributed by atoms with Gasteiger partial charge in [-0.15, -0.1) is 0 Å². The fourth-order valence-corrected chi connectivity index (χ4v) is 2.89. The van der Waals surface area contributed by atoms with Crippen LogP contribution >= 0.6 is 7.60 Å². The van der Waals surface area contributed by atoms with Crippen LogP contribution in [0.4, 0.5) is 0 Å². The number of carbonyl (C=O) groups excluding carboxylic acids is 1. The van der Waals surface area contributed by atoms with Crippen molar-refractivity contribution in [3.05, 3.63) is 0 Å². The maximum Gasteiger partial charge on any atom is 0.362 e. The van der Waals surface area contributed by atoms with Gasteiger partial charge in [-0.3, -0.25) is 9.36 Å². The van der Waals surface area contributed by atoms with E-state index in [2.05, 4.69) is 0 Å². The Bertz CT molecular complexity index is 258. The van der Waals surface area contributed by atoms with Crippen molar-refractivity contribution < 1.29 is 27.9 Å². The van der Waals surface area contributed by atoms with Crippen molar-refractivity contribution in [2.75, 3.05) is 26.4 Å². The third kappa shape index (κ3) is 6.17. The van der Waals surface area contributed by atoms with Crippen molar-refractivity contribution in [3.63, 3.8) is 0 Å². The standard InChI is InChI=1S/C10H21O6P/c1-5-13-10(8-14-9(4)11)17(12,15-6-2)16-7-3/h10H,5-8H2,1-4H3. The summed E-state index contributed by atoms with van der Waals surface area (Å²) in [7, 11) is -3.40. The summed E-state index contributed by atoms with van der Waals surface area (Å²) in [5.41, 5.74) is 0. The van der Waals surface area contributed by atoms with E-state index < -0.39 is 19.4 Å². The zero-order valence-corrected chi connectivity index (χ0v) is 11.7. The second kappa shape index (κ2) is 8.64. The van der Waals surface area contributed by atoms with E-state index in [-0.39, 0.29) is 19.8 Å². The van der Waals surface area contributed by atoms with Crippen LogP contribution in [0, 0.1) is 0 Å². The van der Waals surface area contributed by atoms with Crippen molar-refractivity contribution in [2.45, 2.75) is 33.5 Å². The second-order valence-corrected chi connectivity index (χ2v) is 5.26. The molecule has 0 saturated heterocycles. The molecule has 0 spiro atoms. The highest BCUT2D eigenvalue weighted by atomic mass is 31.2. The first-order valence-electron chi connectivity index (χ1n) is 5.63. The van der Waals surface area contributed by atoms with Crippen LogP contribution in [-0.4, -0.2) is 38.2 Å². The average molecular weight is 268 g/mol. The summed E-state index contributed by atoms with van der Waals surface area (Å²) in [6, 6.07) is 0. The minimum Gasteiger partial charge on any atom is -0.462 e. The highest BCUT2D eigenvalue weighted by Gasteiger charge is 2.37. The molecule has 102 valence electrons. The molecule has 0 rings (SSSR count). The maximum absolute atomic E-state index is 12.4. The van der Waals surface area contributed by atoms with Gasteiger partial charge in [-0.1, -0.05) is 0 Å². The lowest BCUT2D eigenvalue weighted by Crippen LogP contribution is -2.24. The Morgan fingerprint density at radius 2 is 1.65 bits per heavy atom. The molecule has 0 aromatic carbocycles. The van der Waals surface area contributed by atoms with E-state index in [4.69, 9.17) is 18.5 Å². The van der Waals surface area contributed by atoms with E-state index in [0.29, 0.717) is 6.61 Å². The lowest BCUT2D eigenvalue weighted by molar-refractivity contribution is -0.143. The lowest BCUT2D eigenvalue weighted by Gasteiger charge is -2.25. The number of ether oxygens (including phenoxy) is 2. The Morgan fingerprint density at radius 3 is 2.00 bits per heavy atom. The van der Waals surface area contributed by atoms with Gasteiger partial charge in [0.25, 0.3) is 0 Å². The second-order valence-electron chi connectivity index (χ2n) is 3.09. The molecule has 0 N–H and O–H groups in total. The molecule has 17 heavy (non-hydrogen) atoms. The van der Waals surface area contributed by atoms with Gasteiger partial charge in [0, 0.05) is 13.5 Å². The predicted molar refractivity (Wildman–Crippen MR) is 62.9 cm³/mol. The van der Waals surface area contributed by atoms with Crippen LogP contribution in [-0.2, 0) is 27.9 Å². The molecular weight excluding hydrogens is 247 g/mol. The number of hydrogen-bond acceptors (Lipinski definition) is 6. The van der Waals surface area contributed by atoms with Crippen LogP contribution in [0.15, 0.2) is 0 Å². The third-order valence-corrected chi connectivity index (χ3v) is 4.00. The van der Waals surface area contributed by atoms with Crippen LogP contribution in [0.5, 0.6) is 0 Å². The van der Waals surface area contributed by atoms with E-state index in [0.717, 1.165) is 0 Å². The largest absolute Gasteiger partial charge is 0.462 e. The first-order valence-corrected chi connectivity index (χ1v) is 7.25. The third-order valence-electron chi connectivity index (χ3n) is 1.76. The van der Waals surface area contributed by atoms with Gasteiger partial charge in [0.2, 0.25) is 0 Å². The van der Waals surface area contributed by atoms with E-state index in [1.165, 1.54) is 6.92 Å². The predicted octanol–water partition coefficient (Wildman–Crippen LogP) is 2.18. The van der Waals surface area contributed by atoms with Crippen LogP contribution in [0.1, 0.15) is 27.7 Å². The zero-order valence-electron chi connectivity index (χ0n) is 10.8. The van der Waals surface area contributed by atoms with Crippen molar-refractivity contribution >= 4 is 13.6 Å². The molecule has 1 unspecified atom stereocenters. The Labute approximate surface area is 102 Å². The molecule has 0 aliphatic heterocycles. The highest BCUT2D eigenvalue weighted by molar-refractivity contribution is 7.54. The van der Waals surface area contributed by atoms with Crippen LogP contribution in [0.25, 0.3) is 0 Å². The van der Waals surface area contributed by atoms with Crippen LogP contribution in [0.2, 0.25) is 0 Å². The molecule has 0 amide bonds. The first-order chi connectivity index (χ1) is 8.00. The summed E-state index contributed by atoms with van der Waals surface area (Å²) in [5, 5.41) is 0. The summed E-state index contributed by atoms with van der Waals surface area (Å²) in [6.07, 6.45) is 0. The number of carbonyl (C=O) groups is 1. The molecule has 0 aliphatic carbocycles. The van der Waals surface area contributed by atoms with Crippen molar-refractivity contribution in [1.82, 2.24) is 0 Å². The molecular formula is C10H21O6P. The number of esters is 1. The minimum absolute atomic E-state index is 0.138. The highest BCUT2D eigenvalue weighted by Crippen LogP contribution is 2.53. The monoisotopic (exact) mass is 268 g/mol. The Balaban J connectivity index is 4.68. The number of hydrogen-bond donors (Lipinski definition) is 0. The van der Waals surface area contributed by atoms with Gasteiger partial charge in [0.1, 0.15) is 6.61 Å². The fourth-order valence-electron chi connectivity index (χ4n) is 1.18. The van der Waals surface area contributed by atoms with Crippen molar-refractivity contribution in [3.8, 4) is 0 Å². The average Bonchev–Trinajstić information content (AvgIpc) is 2.24. The molecule has 1 atom stereocenters. The van der Waals surface area contributed by atoms with E-state index in [1.807, 2.05) is 0 Å². The lowest BCUT2D eigenvalue weighted by atomic mass is 10.7. The van der Waals surface area contributed by atoms with Gasteiger partial charge >= 0.3 is 13.6 Å². The topological polar surface area (TPSA) is 71.1 Å². The van der Waals surface area contributed by atoms with Gasteiger partial charge in [-0.25, -0.2) is 0 Å². The summed E-state index contributed by atoms with van der Waals surface area (Å²) in [4.78, 5) is 10.7. The Morgan fingerprint density at radius 1 is 1.12 bits per heavy atom. The first kappa shape index (κ1) is 16.6. The van der Waals surface area contributed by atoms with E-state index in [1.54, 1.807) is 20.8 Å². The van der Waals surface area contributed by atoms with Crippen molar-refractivity contribution in [2.24, 2.45) is 0 Å². The van der Waals surface area contributed by atoms with Crippen molar-refractivity contribution in [1.29, 1.82) is 0 Å². The van der Waals surface area contributed by atoms with E-state index in [9.17, 15) is 9.36 Å². The minimum atomic E-state index is -3.40. The van der Waals surface area contributed by atoms with Gasteiger partial charge in [0.15, 0.2) is 5.85 Å². The normalized spacial score (nSPS) is 13.4. The summed E-state index contributed by atoms with van der Waals surface area (Å²) in [5.74, 6) is -1.34. The van der Waals surface area contributed by atoms with Gasteiger partial charge < -0.3 is 18.5 Å².